The molecule has 0 amide bonds. The first kappa shape index (κ1) is 13.9. The maximum absolute atomic E-state index is 5.92. The third-order valence-electron chi connectivity index (χ3n) is 5.03. The van der Waals surface area contributed by atoms with Crippen LogP contribution in [-0.4, -0.2) is 10.9 Å². The fourth-order valence-corrected chi connectivity index (χ4v) is 4.74. The van der Waals surface area contributed by atoms with E-state index in [0.717, 1.165) is 18.8 Å². The molecule has 2 N–H and O–H groups in total. The summed E-state index contributed by atoms with van der Waals surface area (Å²) < 4.78 is 0. The number of hydrogen-bond donors (Lipinski definition) is 1. The molecule has 110 valence electrons. The summed E-state index contributed by atoms with van der Waals surface area (Å²) >= 11 is 0. The Morgan fingerprint density at radius 3 is 2.25 bits per heavy atom. The van der Waals surface area contributed by atoms with Crippen molar-refractivity contribution in [3.8, 4) is 0 Å². The van der Waals surface area contributed by atoms with E-state index in [0.29, 0.717) is 16.9 Å². The molecule has 2 heteroatoms. The highest BCUT2D eigenvalue weighted by molar-refractivity contribution is 5.46. The van der Waals surface area contributed by atoms with E-state index in [4.69, 9.17) is 5.73 Å². The first-order valence-corrected chi connectivity index (χ1v) is 7.86. The normalized spacial score (nSPS) is 25.6. The summed E-state index contributed by atoms with van der Waals surface area (Å²) in [6.45, 7) is 11.9. The van der Waals surface area contributed by atoms with Gasteiger partial charge in [-0.3, -0.25) is 4.90 Å². The van der Waals surface area contributed by atoms with Crippen molar-refractivity contribution in [3.05, 3.63) is 29.3 Å². The van der Waals surface area contributed by atoms with Crippen molar-refractivity contribution in [2.75, 3.05) is 5.73 Å². The molecule has 0 saturated heterocycles. The van der Waals surface area contributed by atoms with Gasteiger partial charge in [0.1, 0.15) is 0 Å². The summed E-state index contributed by atoms with van der Waals surface area (Å²) in [6.07, 6.45) is 3.98. The molecule has 1 aliphatic carbocycles. The van der Waals surface area contributed by atoms with Crippen molar-refractivity contribution in [1.82, 2.24) is 4.90 Å². The average Bonchev–Trinajstić information content (AvgIpc) is 2.67. The minimum atomic E-state index is 0.459. The molecule has 1 aliphatic heterocycles. The van der Waals surface area contributed by atoms with Crippen LogP contribution in [0.25, 0.3) is 0 Å². The second kappa shape index (κ2) is 4.49. The molecule has 0 aromatic heterocycles. The fraction of sp³-hybridized carbons (Fsp3) is 0.667. The highest BCUT2D eigenvalue weighted by atomic mass is 15.2. The monoisotopic (exact) mass is 272 g/mol. The first-order chi connectivity index (χ1) is 9.24. The lowest BCUT2D eigenvalue weighted by Crippen LogP contribution is -2.44. The summed E-state index contributed by atoms with van der Waals surface area (Å²) in [5.41, 5.74) is 10.6. The van der Waals surface area contributed by atoms with E-state index in [9.17, 15) is 0 Å². The Kier molecular flexibility index (Phi) is 3.13. The Labute approximate surface area is 123 Å². The SMILES string of the molecule is CC1(C)CC(N2Cc3ccc(N)cc3C2)CC(C)(C)C1. The summed E-state index contributed by atoms with van der Waals surface area (Å²) in [5, 5.41) is 0. The average molecular weight is 272 g/mol. The highest BCUT2D eigenvalue weighted by Crippen LogP contribution is 2.48. The van der Waals surface area contributed by atoms with Gasteiger partial charge in [-0.25, -0.2) is 0 Å². The minimum Gasteiger partial charge on any atom is -0.399 e. The molecule has 1 aromatic rings. The van der Waals surface area contributed by atoms with Gasteiger partial charge < -0.3 is 5.73 Å². The molecule has 0 radical (unpaired) electrons. The Balaban J connectivity index is 1.78. The second-order valence-corrected chi connectivity index (χ2v) is 8.50. The van der Waals surface area contributed by atoms with Gasteiger partial charge in [0.2, 0.25) is 0 Å². The van der Waals surface area contributed by atoms with E-state index < -0.39 is 0 Å². The predicted molar refractivity (Wildman–Crippen MR) is 85.3 cm³/mol. The number of nitrogens with zero attached hydrogens (tertiary/aromatic N) is 1. The zero-order valence-electron chi connectivity index (χ0n) is 13.4. The standard InChI is InChI=1S/C18H28N2/c1-17(2)8-16(9-18(3,4)12-17)20-10-13-5-6-15(19)7-14(13)11-20/h5-7,16H,8-12,19H2,1-4H3. The van der Waals surface area contributed by atoms with Crippen molar-refractivity contribution in [2.24, 2.45) is 10.8 Å². The lowest BCUT2D eigenvalue weighted by Gasteiger charge is -2.47. The van der Waals surface area contributed by atoms with Crippen LogP contribution in [0.3, 0.4) is 0 Å². The van der Waals surface area contributed by atoms with Crippen LogP contribution in [0.15, 0.2) is 18.2 Å². The molecule has 2 aliphatic rings. The van der Waals surface area contributed by atoms with Gasteiger partial charge in [-0.2, -0.15) is 0 Å². The zero-order chi connectivity index (χ0) is 14.5. The van der Waals surface area contributed by atoms with E-state index in [1.807, 2.05) is 6.07 Å². The number of benzene rings is 1. The van der Waals surface area contributed by atoms with E-state index in [1.54, 1.807) is 0 Å². The Bertz CT molecular complexity index is 500. The Morgan fingerprint density at radius 1 is 1.00 bits per heavy atom. The molecule has 2 nitrogen and oxygen atoms in total. The Morgan fingerprint density at radius 2 is 1.60 bits per heavy atom. The molecule has 1 saturated carbocycles. The number of fused-ring (bicyclic) bond motifs is 1. The van der Waals surface area contributed by atoms with E-state index in [1.165, 1.54) is 30.4 Å². The number of nitrogens with two attached hydrogens (primary N) is 1. The molecule has 20 heavy (non-hydrogen) atoms. The quantitative estimate of drug-likeness (QED) is 0.777. The highest BCUT2D eigenvalue weighted by Gasteiger charge is 2.41. The van der Waals surface area contributed by atoms with Gasteiger partial charge in [0, 0.05) is 24.8 Å². The molecule has 1 heterocycles. The maximum Gasteiger partial charge on any atom is 0.0317 e. The summed E-state index contributed by atoms with van der Waals surface area (Å²) in [6, 6.07) is 7.12. The molecular formula is C18H28N2. The largest absolute Gasteiger partial charge is 0.399 e. The third kappa shape index (κ3) is 2.71. The summed E-state index contributed by atoms with van der Waals surface area (Å²) in [5.74, 6) is 0. The van der Waals surface area contributed by atoms with Crippen molar-refractivity contribution in [2.45, 2.75) is 66.1 Å². The van der Waals surface area contributed by atoms with Crippen molar-refractivity contribution < 1.29 is 0 Å². The van der Waals surface area contributed by atoms with Crippen molar-refractivity contribution >= 4 is 5.69 Å². The van der Waals surface area contributed by atoms with Crippen LogP contribution in [0.4, 0.5) is 5.69 Å². The number of rotatable bonds is 1. The molecule has 0 unspecified atom stereocenters. The van der Waals surface area contributed by atoms with Crippen LogP contribution in [0, 0.1) is 10.8 Å². The summed E-state index contributed by atoms with van der Waals surface area (Å²) in [7, 11) is 0. The van der Waals surface area contributed by atoms with Crippen molar-refractivity contribution in [1.29, 1.82) is 0 Å². The number of nitrogen functional groups attached to an aromatic ring is 1. The van der Waals surface area contributed by atoms with Crippen molar-refractivity contribution in [3.63, 3.8) is 0 Å². The molecule has 0 atom stereocenters. The second-order valence-electron chi connectivity index (χ2n) is 8.50. The lowest BCUT2D eigenvalue weighted by molar-refractivity contribution is 0.0224. The minimum absolute atomic E-state index is 0.459. The molecule has 1 fully saturated rings. The smallest absolute Gasteiger partial charge is 0.0317 e. The first-order valence-electron chi connectivity index (χ1n) is 7.86. The van der Waals surface area contributed by atoms with Crippen LogP contribution in [-0.2, 0) is 13.1 Å². The lowest BCUT2D eigenvalue weighted by atomic mass is 9.63. The van der Waals surface area contributed by atoms with Gasteiger partial charge in [0.25, 0.3) is 0 Å². The third-order valence-corrected chi connectivity index (χ3v) is 5.03. The maximum atomic E-state index is 5.92. The predicted octanol–water partition coefficient (Wildman–Crippen LogP) is 4.19. The van der Waals surface area contributed by atoms with Gasteiger partial charge >= 0.3 is 0 Å². The van der Waals surface area contributed by atoms with Gasteiger partial charge in [-0.1, -0.05) is 33.8 Å². The zero-order valence-corrected chi connectivity index (χ0v) is 13.4. The summed E-state index contributed by atoms with van der Waals surface area (Å²) in [4.78, 5) is 2.67. The van der Waals surface area contributed by atoms with Crippen LogP contribution in [0.1, 0.15) is 58.1 Å². The molecule has 0 bridgehead atoms. The fourth-order valence-electron chi connectivity index (χ4n) is 4.74. The Hall–Kier alpha value is -1.02. The van der Waals surface area contributed by atoms with Gasteiger partial charge in [0.15, 0.2) is 0 Å². The van der Waals surface area contributed by atoms with E-state index in [-0.39, 0.29) is 0 Å². The topological polar surface area (TPSA) is 29.3 Å². The van der Waals surface area contributed by atoms with Crippen LogP contribution in [0.2, 0.25) is 0 Å². The van der Waals surface area contributed by atoms with E-state index >= 15 is 0 Å². The van der Waals surface area contributed by atoms with Gasteiger partial charge in [-0.15, -0.1) is 0 Å². The van der Waals surface area contributed by atoms with Crippen LogP contribution < -0.4 is 5.73 Å². The van der Waals surface area contributed by atoms with Gasteiger partial charge in [-0.05, 0) is 53.4 Å². The molecular weight excluding hydrogens is 244 g/mol. The molecule has 3 rings (SSSR count). The van der Waals surface area contributed by atoms with Crippen LogP contribution >= 0.6 is 0 Å². The van der Waals surface area contributed by atoms with Crippen LogP contribution in [0.5, 0.6) is 0 Å². The molecule has 0 spiro atoms. The molecule has 1 aromatic carbocycles. The van der Waals surface area contributed by atoms with E-state index in [2.05, 4.69) is 44.7 Å². The van der Waals surface area contributed by atoms with Gasteiger partial charge in [0.05, 0.1) is 0 Å². The number of anilines is 1. The number of hydrogen-bond acceptors (Lipinski definition) is 2.